The molecule has 0 N–H and O–H groups in total. The van der Waals surface area contributed by atoms with Crippen molar-refractivity contribution < 1.29 is 18.8 Å². The van der Waals surface area contributed by atoms with Crippen molar-refractivity contribution >= 4 is 50.1 Å². The molecule has 0 saturated carbocycles. The molecule has 3 aromatic rings. The van der Waals surface area contributed by atoms with E-state index in [2.05, 4.69) is 21.1 Å². The minimum absolute atomic E-state index is 0.115. The number of fused-ring (bicyclic) bond motifs is 2. The molecule has 1 fully saturated rings. The first kappa shape index (κ1) is 17.8. The van der Waals surface area contributed by atoms with Crippen LogP contribution < -0.4 is 10.3 Å². The maximum Gasteiger partial charge on any atom is 0.278 e. The number of halogens is 1. The van der Waals surface area contributed by atoms with E-state index in [-0.39, 0.29) is 16.7 Å². The molecular formula is C21H13BrN2O5. The Labute approximate surface area is 172 Å². The van der Waals surface area contributed by atoms with Crippen LogP contribution in [0.5, 0.6) is 0 Å². The monoisotopic (exact) mass is 452 g/mol. The van der Waals surface area contributed by atoms with E-state index in [0.29, 0.717) is 16.7 Å². The molecule has 0 bridgehead atoms. The van der Waals surface area contributed by atoms with Gasteiger partial charge in [0, 0.05) is 4.47 Å². The molecule has 8 heteroatoms. The van der Waals surface area contributed by atoms with Gasteiger partial charge in [0.2, 0.25) is 17.4 Å². The highest BCUT2D eigenvalue weighted by molar-refractivity contribution is 9.10. The maximum absolute atomic E-state index is 13.1. The first-order valence-corrected chi connectivity index (χ1v) is 9.64. The number of imide groups is 1. The van der Waals surface area contributed by atoms with Gasteiger partial charge in [0.25, 0.3) is 5.91 Å². The molecule has 5 rings (SSSR count). The number of nitrogens with zero attached hydrogens (tertiary/aromatic N) is 2. The summed E-state index contributed by atoms with van der Waals surface area (Å²) in [6.07, 6.45) is 0.184. The molecular weight excluding hydrogens is 440 g/mol. The predicted octanol–water partition coefficient (Wildman–Crippen LogP) is 3.16. The number of oxime groups is 1. The summed E-state index contributed by atoms with van der Waals surface area (Å²) in [6, 6.07) is 12.0. The summed E-state index contributed by atoms with van der Waals surface area (Å²) in [6.45, 7) is 1.90. The van der Waals surface area contributed by atoms with E-state index in [9.17, 15) is 14.4 Å². The van der Waals surface area contributed by atoms with Gasteiger partial charge in [-0.3, -0.25) is 14.4 Å². The number of anilines is 1. The molecule has 2 amide bonds. The zero-order chi connectivity index (χ0) is 20.3. The Hall–Kier alpha value is -3.26. The molecule has 2 aromatic carbocycles. The van der Waals surface area contributed by atoms with Gasteiger partial charge in [-0.05, 0) is 48.9 Å². The summed E-state index contributed by atoms with van der Waals surface area (Å²) in [7, 11) is 0. The van der Waals surface area contributed by atoms with Crippen molar-refractivity contribution in [2.45, 2.75) is 13.0 Å². The summed E-state index contributed by atoms with van der Waals surface area (Å²) in [5.41, 5.74) is 1.74. The number of hydrogen-bond acceptors (Lipinski definition) is 6. The summed E-state index contributed by atoms with van der Waals surface area (Å²) >= 11 is 3.33. The van der Waals surface area contributed by atoms with E-state index >= 15 is 0 Å². The van der Waals surface area contributed by atoms with Gasteiger partial charge in [0.1, 0.15) is 23.5 Å². The van der Waals surface area contributed by atoms with Crippen molar-refractivity contribution in [1.29, 1.82) is 0 Å². The third-order valence-electron chi connectivity index (χ3n) is 5.10. The molecule has 2 atom stereocenters. The number of carbonyl (C=O) groups is 2. The fourth-order valence-corrected chi connectivity index (χ4v) is 3.92. The molecule has 0 radical (unpaired) electrons. The Morgan fingerprint density at radius 3 is 2.55 bits per heavy atom. The molecule has 0 aliphatic carbocycles. The molecule has 3 heterocycles. The second kappa shape index (κ2) is 6.38. The molecule has 144 valence electrons. The van der Waals surface area contributed by atoms with Crippen LogP contribution in [-0.4, -0.2) is 23.6 Å². The zero-order valence-corrected chi connectivity index (χ0v) is 16.7. The highest BCUT2D eigenvalue weighted by Crippen LogP contribution is 2.35. The largest absolute Gasteiger partial charge is 0.463 e. The topological polar surface area (TPSA) is 89.2 Å². The lowest BCUT2D eigenvalue weighted by molar-refractivity contribution is -0.126. The van der Waals surface area contributed by atoms with E-state index < -0.39 is 23.8 Å². The molecule has 29 heavy (non-hydrogen) atoms. The Balaban J connectivity index is 1.57. The van der Waals surface area contributed by atoms with Crippen molar-refractivity contribution in [2.75, 3.05) is 4.90 Å². The molecule has 2 unspecified atom stereocenters. The third kappa shape index (κ3) is 2.63. The molecule has 1 saturated heterocycles. The fraction of sp³-hybridized carbons (Fsp3) is 0.143. The number of hydrogen-bond donors (Lipinski definition) is 0. The van der Waals surface area contributed by atoms with E-state index in [1.165, 1.54) is 6.26 Å². The summed E-state index contributed by atoms with van der Waals surface area (Å²) in [5.74, 6) is -1.99. The van der Waals surface area contributed by atoms with Crippen LogP contribution in [-0.2, 0) is 14.4 Å². The fourth-order valence-electron chi connectivity index (χ4n) is 3.66. The van der Waals surface area contributed by atoms with Gasteiger partial charge in [-0.25, -0.2) is 4.90 Å². The summed E-state index contributed by atoms with van der Waals surface area (Å²) in [4.78, 5) is 45.2. The molecule has 0 spiro atoms. The lowest BCUT2D eigenvalue weighted by Crippen LogP contribution is -2.33. The van der Waals surface area contributed by atoms with Crippen LogP contribution in [0.1, 0.15) is 11.1 Å². The number of rotatable bonds is 2. The van der Waals surface area contributed by atoms with Gasteiger partial charge in [-0.1, -0.05) is 27.2 Å². The summed E-state index contributed by atoms with van der Waals surface area (Å²) < 4.78 is 6.42. The van der Waals surface area contributed by atoms with Crippen LogP contribution in [0.2, 0.25) is 0 Å². The lowest BCUT2D eigenvalue weighted by atomic mass is 9.94. The second-order valence-electron chi connectivity index (χ2n) is 6.95. The normalized spacial score (nSPS) is 20.8. The lowest BCUT2D eigenvalue weighted by Gasteiger charge is -2.15. The van der Waals surface area contributed by atoms with Gasteiger partial charge in [-0.2, -0.15) is 0 Å². The van der Waals surface area contributed by atoms with Crippen LogP contribution in [0, 0.1) is 12.8 Å². The number of aryl methyl sites for hydroxylation is 1. The predicted molar refractivity (Wildman–Crippen MR) is 109 cm³/mol. The van der Waals surface area contributed by atoms with Crippen LogP contribution >= 0.6 is 15.9 Å². The van der Waals surface area contributed by atoms with Gasteiger partial charge < -0.3 is 9.25 Å². The van der Waals surface area contributed by atoms with Crippen molar-refractivity contribution in [2.24, 2.45) is 11.1 Å². The van der Waals surface area contributed by atoms with Gasteiger partial charge in [0.05, 0.1) is 16.6 Å². The Morgan fingerprint density at radius 2 is 1.79 bits per heavy atom. The number of carbonyl (C=O) groups excluding carboxylic acids is 2. The smallest absolute Gasteiger partial charge is 0.278 e. The average Bonchev–Trinajstić information content (AvgIpc) is 3.23. The van der Waals surface area contributed by atoms with Crippen molar-refractivity contribution in [3.05, 3.63) is 74.6 Å². The van der Waals surface area contributed by atoms with Crippen molar-refractivity contribution in [1.82, 2.24) is 0 Å². The Bertz CT molecular complexity index is 1280. The van der Waals surface area contributed by atoms with E-state index in [1.807, 2.05) is 6.92 Å². The van der Waals surface area contributed by atoms with Crippen LogP contribution in [0.3, 0.4) is 0 Å². The minimum atomic E-state index is -1.09. The van der Waals surface area contributed by atoms with Crippen LogP contribution in [0.4, 0.5) is 5.69 Å². The van der Waals surface area contributed by atoms with E-state index in [4.69, 9.17) is 9.25 Å². The van der Waals surface area contributed by atoms with E-state index in [1.54, 1.807) is 42.5 Å². The van der Waals surface area contributed by atoms with Crippen LogP contribution in [0.25, 0.3) is 11.0 Å². The standard InChI is InChI=1S/C21H13BrN2O5/c1-10-2-7-13-15(8-10)28-9-14(18(13)25)17-16-19(29-23-17)21(27)24(20(16)26)12-5-3-11(22)4-6-12/h2-9,16,19H,1H3. The first-order valence-electron chi connectivity index (χ1n) is 8.85. The molecule has 7 nitrogen and oxygen atoms in total. The zero-order valence-electron chi connectivity index (χ0n) is 15.1. The average molecular weight is 453 g/mol. The Morgan fingerprint density at radius 1 is 1.03 bits per heavy atom. The minimum Gasteiger partial charge on any atom is -0.463 e. The highest BCUT2D eigenvalue weighted by Gasteiger charge is 2.56. The third-order valence-corrected chi connectivity index (χ3v) is 5.63. The number of amides is 2. The molecule has 2 aliphatic rings. The first-order chi connectivity index (χ1) is 14.0. The Kier molecular flexibility index (Phi) is 3.92. The van der Waals surface area contributed by atoms with Crippen LogP contribution in [0.15, 0.2) is 67.6 Å². The van der Waals surface area contributed by atoms with E-state index in [0.717, 1.165) is 14.9 Å². The van der Waals surface area contributed by atoms with Crippen molar-refractivity contribution in [3.8, 4) is 0 Å². The van der Waals surface area contributed by atoms with Gasteiger partial charge >= 0.3 is 0 Å². The van der Waals surface area contributed by atoms with Crippen molar-refractivity contribution in [3.63, 3.8) is 0 Å². The molecule has 1 aromatic heterocycles. The second-order valence-corrected chi connectivity index (χ2v) is 7.86. The van der Waals surface area contributed by atoms with Gasteiger partial charge in [-0.15, -0.1) is 0 Å². The number of benzene rings is 2. The SMILES string of the molecule is Cc1ccc2c(=O)c(C3=NOC4C(=O)N(c5ccc(Br)cc5)C(=O)C34)coc2c1. The summed E-state index contributed by atoms with van der Waals surface area (Å²) in [5, 5.41) is 4.28. The molecule has 2 aliphatic heterocycles. The highest BCUT2D eigenvalue weighted by atomic mass is 79.9. The maximum atomic E-state index is 13.1. The van der Waals surface area contributed by atoms with Gasteiger partial charge in [0.15, 0.2) is 0 Å². The quantitative estimate of drug-likeness (QED) is 0.557.